The molecule has 1 amide bonds. The molecule has 1 aliphatic rings. The average Bonchev–Trinajstić information content (AvgIpc) is 2.46. The van der Waals surface area contributed by atoms with E-state index in [-0.39, 0.29) is 18.6 Å². The zero-order valence-electron chi connectivity index (χ0n) is 10.8. The molecule has 0 bridgehead atoms. The zero-order chi connectivity index (χ0) is 13.5. The Morgan fingerprint density at radius 1 is 1.47 bits per heavy atom. The van der Waals surface area contributed by atoms with Gasteiger partial charge in [-0.3, -0.25) is 4.79 Å². The average molecular weight is 266 g/mol. The van der Waals surface area contributed by atoms with Crippen LogP contribution in [0.2, 0.25) is 0 Å². The molecule has 1 unspecified atom stereocenters. The topological polar surface area (TPSA) is 50.4 Å². The SMILES string of the molecule is O=C(Nc1cccc(OCCF)c1)C1CCCCN1. The maximum Gasteiger partial charge on any atom is 0.241 e. The molecule has 2 N–H and O–H groups in total. The minimum atomic E-state index is -0.525. The smallest absolute Gasteiger partial charge is 0.241 e. The number of rotatable bonds is 5. The number of nitrogens with one attached hydrogen (secondary N) is 2. The van der Waals surface area contributed by atoms with Crippen molar-refractivity contribution in [2.45, 2.75) is 25.3 Å². The molecule has 0 aromatic heterocycles. The van der Waals surface area contributed by atoms with Gasteiger partial charge in [0, 0.05) is 11.8 Å². The van der Waals surface area contributed by atoms with E-state index in [1.807, 2.05) is 0 Å². The van der Waals surface area contributed by atoms with Gasteiger partial charge in [0.1, 0.15) is 19.0 Å². The van der Waals surface area contributed by atoms with E-state index in [0.29, 0.717) is 11.4 Å². The monoisotopic (exact) mass is 266 g/mol. The van der Waals surface area contributed by atoms with Crippen molar-refractivity contribution in [3.8, 4) is 5.75 Å². The van der Waals surface area contributed by atoms with E-state index in [4.69, 9.17) is 4.74 Å². The highest BCUT2D eigenvalue weighted by Crippen LogP contribution is 2.18. The van der Waals surface area contributed by atoms with E-state index in [9.17, 15) is 9.18 Å². The Balaban J connectivity index is 1.92. The van der Waals surface area contributed by atoms with E-state index >= 15 is 0 Å². The van der Waals surface area contributed by atoms with E-state index in [0.717, 1.165) is 25.8 Å². The highest BCUT2D eigenvalue weighted by Gasteiger charge is 2.20. The first-order valence-corrected chi connectivity index (χ1v) is 6.62. The summed E-state index contributed by atoms with van der Waals surface area (Å²) in [4.78, 5) is 12.0. The predicted molar refractivity (Wildman–Crippen MR) is 72.2 cm³/mol. The van der Waals surface area contributed by atoms with Gasteiger partial charge in [-0.25, -0.2) is 4.39 Å². The van der Waals surface area contributed by atoms with Gasteiger partial charge < -0.3 is 15.4 Å². The van der Waals surface area contributed by atoms with Crippen LogP contribution in [0.3, 0.4) is 0 Å². The molecule has 1 heterocycles. The summed E-state index contributed by atoms with van der Waals surface area (Å²) in [5, 5.41) is 6.05. The van der Waals surface area contributed by atoms with E-state index in [2.05, 4.69) is 10.6 Å². The van der Waals surface area contributed by atoms with Gasteiger partial charge in [0.15, 0.2) is 0 Å². The molecule has 1 saturated heterocycles. The van der Waals surface area contributed by atoms with Crippen molar-refractivity contribution in [1.29, 1.82) is 0 Å². The molecule has 1 aromatic carbocycles. The van der Waals surface area contributed by atoms with Gasteiger partial charge in [0.05, 0.1) is 6.04 Å². The summed E-state index contributed by atoms with van der Waals surface area (Å²) < 4.78 is 17.2. The quantitative estimate of drug-likeness (QED) is 0.858. The maximum atomic E-state index is 12.0. The van der Waals surface area contributed by atoms with Crippen LogP contribution >= 0.6 is 0 Å². The Labute approximate surface area is 112 Å². The van der Waals surface area contributed by atoms with Crippen molar-refractivity contribution < 1.29 is 13.9 Å². The van der Waals surface area contributed by atoms with Crippen LogP contribution in [-0.4, -0.2) is 31.8 Å². The molecule has 1 atom stereocenters. The summed E-state index contributed by atoms with van der Waals surface area (Å²) in [5.41, 5.74) is 0.675. The molecule has 0 spiro atoms. The Bertz CT molecular complexity index is 420. The van der Waals surface area contributed by atoms with Crippen molar-refractivity contribution in [3.05, 3.63) is 24.3 Å². The van der Waals surface area contributed by atoms with E-state index < -0.39 is 6.67 Å². The molecule has 0 aliphatic carbocycles. The second-order valence-electron chi connectivity index (χ2n) is 4.56. The predicted octanol–water partition coefficient (Wildman–Crippen LogP) is 2.12. The van der Waals surface area contributed by atoms with Crippen LogP contribution in [-0.2, 0) is 4.79 Å². The summed E-state index contributed by atoms with van der Waals surface area (Å²) >= 11 is 0. The minimum Gasteiger partial charge on any atom is -0.491 e. The van der Waals surface area contributed by atoms with Gasteiger partial charge in [0.2, 0.25) is 5.91 Å². The first kappa shape index (κ1) is 13.8. The minimum absolute atomic E-state index is 0.0256. The zero-order valence-corrected chi connectivity index (χ0v) is 10.8. The van der Waals surface area contributed by atoms with Crippen LogP contribution in [0.4, 0.5) is 10.1 Å². The summed E-state index contributed by atoms with van der Waals surface area (Å²) in [6.45, 7) is 0.391. The number of anilines is 1. The van der Waals surface area contributed by atoms with Crippen LogP contribution in [0.5, 0.6) is 5.75 Å². The number of carbonyl (C=O) groups excluding carboxylic acids is 1. The van der Waals surface area contributed by atoms with Gasteiger partial charge in [-0.2, -0.15) is 0 Å². The molecule has 0 saturated carbocycles. The first-order chi connectivity index (χ1) is 9.29. The van der Waals surface area contributed by atoms with Crippen molar-refractivity contribution in [1.82, 2.24) is 5.32 Å². The van der Waals surface area contributed by atoms with Gasteiger partial charge in [0.25, 0.3) is 0 Å². The number of ether oxygens (including phenoxy) is 1. The largest absolute Gasteiger partial charge is 0.491 e. The second-order valence-corrected chi connectivity index (χ2v) is 4.56. The highest BCUT2D eigenvalue weighted by molar-refractivity contribution is 5.95. The number of alkyl halides is 1. The molecule has 1 fully saturated rings. The Morgan fingerprint density at radius 3 is 3.11 bits per heavy atom. The lowest BCUT2D eigenvalue weighted by Crippen LogP contribution is -2.43. The van der Waals surface area contributed by atoms with E-state index in [1.165, 1.54) is 0 Å². The molecular formula is C14H19FN2O2. The fourth-order valence-electron chi connectivity index (χ4n) is 2.13. The lowest BCUT2D eigenvalue weighted by atomic mass is 10.0. The number of hydrogen-bond donors (Lipinski definition) is 2. The molecule has 104 valence electrons. The maximum absolute atomic E-state index is 12.0. The van der Waals surface area contributed by atoms with Crippen LogP contribution in [0, 0.1) is 0 Å². The Kier molecular flexibility index (Phi) is 5.15. The third-order valence-electron chi connectivity index (χ3n) is 3.07. The van der Waals surface area contributed by atoms with Crippen molar-refractivity contribution in [2.24, 2.45) is 0 Å². The molecule has 0 radical (unpaired) electrons. The van der Waals surface area contributed by atoms with Crippen molar-refractivity contribution >= 4 is 11.6 Å². The Hall–Kier alpha value is -1.62. The van der Waals surface area contributed by atoms with Gasteiger partial charge >= 0.3 is 0 Å². The van der Waals surface area contributed by atoms with E-state index in [1.54, 1.807) is 24.3 Å². The fourth-order valence-corrected chi connectivity index (χ4v) is 2.13. The Morgan fingerprint density at radius 2 is 2.37 bits per heavy atom. The summed E-state index contributed by atoms with van der Waals surface area (Å²) in [6.07, 6.45) is 3.06. The number of hydrogen-bond acceptors (Lipinski definition) is 3. The summed E-state index contributed by atoms with van der Waals surface area (Å²) in [5.74, 6) is 0.536. The molecule has 1 aliphatic heterocycles. The molecule has 1 aromatic rings. The third-order valence-corrected chi connectivity index (χ3v) is 3.07. The normalized spacial score (nSPS) is 18.9. The molecular weight excluding hydrogens is 247 g/mol. The number of halogens is 1. The lowest BCUT2D eigenvalue weighted by Gasteiger charge is -2.22. The van der Waals surface area contributed by atoms with Crippen molar-refractivity contribution in [2.75, 3.05) is 25.1 Å². The summed E-state index contributed by atoms with van der Waals surface area (Å²) in [7, 11) is 0. The number of piperidine rings is 1. The summed E-state index contributed by atoms with van der Waals surface area (Å²) in [6, 6.07) is 6.89. The van der Waals surface area contributed by atoms with Gasteiger partial charge in [-0.1, -0.05) is 12.5 Å². The fraction of sp³-hybridized carbons (Fsp3) is 0.500. The van der Waals surface area contributed by atoms with Gasteiger partial charge in [-0.15, -0.1) is 0 Å². The van der Waals surface area contributed by atoms with Crippen LogP contribution < -0.4 is 15.4 Å². The molecule has 5 heteroatoms. The molecule has 2 rings (SSSR count). The first-order valence-electron chi connectivity index (χ1n) is 6.62. The van der Waals surface area contributed by atoms with Crippen LogP contribution in [0.15, 0.2) is 24.3 Å². The number of carbonyl (C=O) groups is 1. The molecule has 4 nitrogen and oxygen atoms in total. The molecule has 19 heavy (non-hydrogen) atoms. The van der Waals surface area contributed by atoms with Crippen molar-refractivity contribution in [3.63, 3.8) is 0 Å². The standard InChI is InChI=1S/C14H19FN2O2/c15-7-9-19-12-5-3-4-11(10-12)17-14(18)13-6-1-2-8-16-13/h3-5,10,13,16H,1-2,6-9H2,(H,17,18). The second kappa shape index (κ2) is 7.09. The third kappa shape index (κ3) is 4.21. The number of amides is 1. The number of benzene rings is 1. The van der Waals surface area contributed by atoms with Gasteiger partial charge in [-0.05, 0) is 31.5 Å². The van der Waals surface area contributed by atoms with Crippen LogP contribution in [0.25, 0.3) is 0 Å². The highest BCUT2D eigenvalue weighted by atomic mass is 19.1. The van der Waals surface area contributed by atoms with Crippen LogP contribution in [0.1, 0.15) is 19.3 Å². The lowest BCUT2D eigenvalue weighted by molar-refractivity contribution is -0.118.